The van der Waals surface area contributed by atoms with Crippen molar-refractivity contribution in [2.24, 2.45) is 0 Å². The first kappa shape index (κ1) is 10.5. The highest BCUT2D eigenvalue weighted by molar-refractivity contribution is 9.09. The zero-order valence-corrected chi connectivity index (χ0v) is 11.0. The number of hydrogen-bond donors (Lipinski definition) is 0. The second kappa shape index (κ2) is 3.86. The second-order valence-corrected chi connectivity index (χ2v) is 6.56. The number of halogens is 1. The molecule has 1 aliphatic rings. The Labute approximate surface area is 97.6 Å². The normalized spacial score (nSPS) is 32.1. The minimum Gasteiger partial charge on any atom is -0.487 e. The van der Waals surface area contributed by atoms with Crippen LogP contribution in [0.2, 0.25) is 0 Å². The monoisotopic (exact) mass is 274 g/mol. The summed E-state index contributed by atoms with van der Waals surface area (Å²) in [5, 5.41) is 1.03. The highest BCUT2D eigenvalue weighted by Gasteiger charge is 2.36. The lowest BCUT2D eigenvalue weighted by Gasteiger charge is -2.21. The first-order valence-corrected chi connectivity index (χ1v) is 6.66. The van der Waals surface area contributed by atoms with Gasteiger partial charge in [0.05, 0.1) is 7.11 Å². The quantitative estimate of drug-likeness (QED) is 0.742. The minimum atomic E-state index is 0.371. The molecule has 0 radical (unpaired) electrons. The Balaban J connectivity index is 2.21. The molecule has 2 rings (SSSR count). The number of ether oxygens (including phenoxy) is 1. The van der Waals surface area contributed by atoms with E-state index >= 15 is 0 Å². The van der Waals surface area contributed by atoms with Gasteiger partial charge in [-0.1, -0.05) is 22.9 Å². The van der Waals surface area contributed by atoms with Crippen molar-refractivity contribution in [2.75, 3.05) is 7.11 Å². The molecular formula is C11H15BrOS. The molecule has 2 unspecified atom stereocenters. The van der Waals surface area contributed by atoms with Crippen LogP contribution in [0.1, 0.15) is 31.1 Å². The van der Waals surface area contributed by atoms with E-state index in [4.69, 9.17) is 4.74 Å². The summed E-state index contributed by atoms with van der Waals surface area (Å²) in [6, 6.07) is 4.29. The van der Waals surface area contributed by atoms with Gasteiger partial charge in [0.25, 0.3) is 0 Å². The van der Waals surface area contributed by atoms with Crippen molar-refractivity contribution in [3.05, 3.63) is 17.0 Å². The second-order valence-electron chi connectivity index (χ2n) is 4.22. The molecule has 1 fully saturated rings. The molecule has 0 bridgehead atoms. The van der Waals surface area contributed by atoms with Gasteiger partial charge in [-0.05, 0) is 31.4 Å². The van der Waals surface area contributed by atoms with E-state index in [0.717, 1.165) is 5.06 Å². The van der Waals surface area contributed by atoms with Gasteiger partial charge in [0.1, 0.15) is 0 Å². The molecular weight excluding hydrogens is 260 g/mol. The van der Waals surface area contributed by atoms with Crippen molar-refractivity contribution in [1.82, 2.24) is 0 Å². The maximum absolute atomic E-state index is 5.23. The molecule has 0 aromatic carbocycles. The lowest BCUT2D eigenvalue weighted by Crippen LogP contribution is -2.15. The molecule has 0 saturated heterocycles. The molecule has 3 heteroatoms. The van der Waals surface area contributed by atoms with E-state index in [2.05, 4.69) is 35.0 Å². The third-order valence-electron chi connectivity index (χ3n) is 3.06. The summed E-state index contributed by atoms with van der Waals surface area (Å²) in [4.78, 5) is 2.16. The van der Waals surface area contributed by atoms with Gasteiger partial charge >= 0.3 is 0 Å². The zero-order valence-electron chi connectivity index (χ0n) is 8.55. The van der Waals surface area contributed by atoms with Crippen molar-refractivity contribution in [2.45, 2.75) is 36.4 Å². The van der Waals surface area contributed by atoms with E-state index < -0.39 is 0 Å². The van der Waals surface area contributed by atoms with Gasteiger partial charge in [0.15, 0.2) is 5.06 Å². The highest BCUT2D eigenvalue weighted by Crippen LogP contribution is 2.46. The van der Waals surface area contributed by atoms with Gasteiger partial charge in [-0.15, -0.1) is 11.3 Å². The SMILES string of the molecule is COc1ccc(C2(C)CCC(Br)C2)s1. The molecule has 1 aromatic heterocycles. The van der Waals surface area contributed by atoms with E-state index in [1.807, 2.05) is 0 Å². The fourth-order valence-corrected chi connectivity index (χ4v) is 4.09. The van der Waals surface area contributed by atoms with Gasteiger partial charge in [0.2, 0.25) is 0 Å². The van der Waals surface area contributed by atoms with Crippen molar-refractivity contribution in [3.8, 4) is 5.06 Å². The van der Waals surface area contributed by atoms with Crippen LogP contribution in [-0.2, 0) is 5.41 Å². The van der Waals surface area contributed by atoms with Crippen LogP contribution in [0.4, 0.5) is 0 Å². The predicted octanol–water partition coefficient (Wildman–Crippen LogP) is 3.96. The topological polar surface area (TPSA) is 9.23 Å². The first-order chi connectivity index (χ1) is 6.64. The van der Waals surface area contributed by atoms with Gasteiger partial charge in [0, 0.05) is 15.1 Å². The molecule has 1 aromatic rings. The number of thiophene rings is 1. The molecule has 1 aliphatic carbocycles. The Bertz CT molecular complexity index is 323. The molecule has 14 heavy (non-hydrogen) atoms. The molecule has 1 heterocycles. The summed E-state index contributed by atoms with van der Waals surface area (Å²) < 4.78 is 5.23. The third kappa shape index (κ3) is 1.84. The Morgan fingerprint density at radius 1 is 1.57 bits per heavy atom. The number of methoxy groups -OCH3 is 1. The number of alkyl halides is 1. The van der Waals surface area contributed by atoms with Crippen LogP contribution < -0.4 is 4.74 Å². The molecule has 0 amide bonds. The van der Waals surface area contributed by atoms with Gasteiger partial charge < -0.3 is 4.74 Å². The van der Waals surface area contributed by atoms with E-state index in [9.17, 15) is 0 Å². The van der Waals surface area contributed by atoms with Crippen LogP contribution in [0, 0.1) is 0 Å². The maximum Gasteiger partial charge on any atom is 0.173 e. The molecule has 0 aliphatic heterocycles. The zero-order chi connectivity index (χ0) is 10.2. The standard InChI is InChI=1S/C11H15BrOS/c1-11(6-5-8(12)7-11)9-3-4-10(13-2)14-9/h3-4,8H,5-7H2,1-2H3. The number of hydrogen-bond acceptors (Lipinski definition) is 2. The smallest absolute Gasteiger partial charge is 0.173 e. The van der Waals surface area contributed by atoms with Crippen molar-refractivity contribution >= 4 is 27.3 Å². The lowest BCUT2D eigenvalue weighted by molar-refractivity contribution is 0.427. The summed E-state index contributed by atoms with van der Waals surface area (Å²) in [5.41, 5.74) is 0.371. The Hall–Kier alpha value is -0.0200. The summed E-state index contributed by atoms with van der Waals surface area (Å²) in [6.07, 6.45) is 3.82. The lowest BCUT2D eigenvalue weighted by atomic mass is 9.87. The average molecular weight is 275 g/mol. The van der Waals surface area contributed by atoms with Gasteiger partial charge in [-0.2, -0.15) is 0 Å². The maximum atomic E-state index is 5.23. The summed E-state index contributed by atoms with van der Waals surface area (Å²) in [5.74, 6) is 0. The van der Waals surface area contributed by atoms with Crippen LogP contribution in [-0.4, -0.2) is 11.9 Å². The predicted molar refractivity (Wildman–Crippen MR) is 64.8 cm³/mol. The van der Waals surface area contributed by atoms with Crippen molar-refractivity contribution < 1.29 is 4.74 Å². The van der Waals surface area contributed by atoms with Crippen LogP contribution in [0.3, 0.4) is 0 Å². The molecule has 1 saturated carbocycles. The van der Waals surface area contributed by atoms with Crippen LogP contribution in [0.15, 0.2) is 12.1 Å². The summed E-state index contributed by atoms with van der Waals surface area (Å²) in [6.45, 7) is 2.36. The molecule has 0 N–H and O–H groups in total. The summed E-state index contributed by atoms with van der Waals surface area (Å²) >= 11 is 5.50. The Kier molecular flexibility index (Phi) is 2.89. The Morgan fingerprint density at radius 2 is 2.36 bits per heavy atom. The fraction of sp³-hybridized carbons (Fsp3) is 0.636. The molecule has 78 valence electrons. The van der Waals surface area contributed by atoms with E-state index in [0.29, 0.717) is 10.2 Å². The largest absolute Gasteiger partial charge is 0.487 e. The van der Waals surface area contributed by atoms with Crippen LogP contribution >= 0.6 is 27.3 Å². The van der Waals surface area contributed by atoms with Gasteiger partial charge in [-0.3, -0.25) is 0 Å². The Morgan fingerprint density at radius 3 is 2.86 bits per heavy atom. The van der Waals surface area contributed by atoms with E-state index in [1.165, 1.54) is 24.1 Å². The third-order valence-corrected chi connectivity index (χ3v) is 5.19. The van der Waals surface area contributed by atoms with Crippen molar-refractivity contribution in [1.29, 1.82) is 0 Å². The fourth-order valence-electron chi connectivity index (χ4n) is 2.15. The van der Waals surface area contributed by atoms with Gasteiger partial charge in [-0.25, -0.2) is 0 Å². The van der Waals surface area contributed by atoms with E-state index in [1.54, 1.807) is 18.4 Å². The van der Waals surface area contributed by atoms with E-state index in [-0.39, 0.29) is 0 Å². The summed E-state index contributed by atoms with van der Waals surface area (Å²) in [7, 11) is 1.74. The van der Waals surface area contributed by atoms with Crippen LogP contribution in [0.5, 0.6) is 5.06 Å². The van der Waals surface area contributed by atoms with Crippen LogP contribution in [0.25, 0.3) is 0 Å². The average Bonchev–Trinajstić information content (AvgIpc) is 2.73. The molecule has 1 nitrogen and oxygen atoms in total. The minimum absolute atomic E-state index is 0.371. The first-order valence-electron chi connectivity index (χ1n) is 4.92. The number of rotatable bonds is 2. The molecule has 0 spiro atoms. The van der Waals surface area contributed by atoms with Crippen molar-refractivity contribution in [3.63, 3.8) is 0 Å². The highest BCUT2D eigenvalue weighted by atomic mass is 79.9. The molecule has 2 atom stereocenters.